The molecule has 1 atom stereocenters. The Labute approximate surface area is 121 Å². The zero-order chi connectivity index (χ0) is 15.0. The first-order chi connectivity index (χ1) is 9.62. The van der Waals surface area contributed by atoms with Gasteiger partial charge < -0.3 is 10.5 Å². The lowest BCUT2D eigenvalue weighted by Crippen LogP contribution is -2.41. The number of hydrogen-bond acceptors (Lipinski definition) is 3. The first-order valence-corrected chi connectivity index (χ1v) is 7.36. The fraction of sp³-hybridized carbons (Fsp3) is 0.625. The van der Waals surface area contributed by atoms with Crippen LogP contribution in [0, 0.1) is 5.82 Å². The van der Waals surface area contributed by atoms with Crippen molar-refractivity contribution in [3.63, 3.8) is 0 Å². The van der Waals surface area contributed by atoms with Gasteiger partial charge in [0.2, 0.25) is 0 Å². The van der Waals surface area contributed by atoms with E-state index in [1.165, 1.54) is 12.1 Å². The van der Waals surface area contributed by atoms with Gasteiger partial charge in [0.25, 0.3) is 0 Å². The Kier molecular flexibility index (Phi) is 7.73. The molecule has 0 saturated heterocycles. The van der Waals surface area contributed by atoms with Gasteiger partial charge in [0.05, 0.1) is 6.61 Å². The first-order valence-electron chi connectivity index (χ1n) is 7.36. The molecule has 2 N–H and O–H groups in total. The third kappa shape index (κ3) is 5.19. The van der Waals surface area contributed by atoms with Gasteiger partial charge in [-0.2, -0.15) is 0 Å². The maximum atomic E-state index is 13.3. The van der Waals surface area contributed by atoms with Crippen LogP contribution in [-0.4, -0.2) is 37.7 Å². The number of ether oxygens (including phenoxy) is 1. The van der Waals surface area contributed by atoms with Crippen molar-refractivity contribution in [3.05, 3.63) is 35.6 Å². The summed E-state index contributed by atoms with van der Waals surface area (Å²) in [5.41, 5.74) is 7.08. The van der Waals surface area contributed by atoms with Crippen LogP contribution in [0.3, 0.4) is 0 Å². The highest BCUT2D eigenvalue weighted by atomic mass is 19.1. The molecule has 114 valence electrons. The largest absolute Gasteiger partial charge is 0.383 e. The molecule has 0 heterocycles. The molecule has 1 aromatic rings. The molecule has 3 nitrogen and oxygen atoms in total. The van der Waals surface area contributed by atoms with Crippen LogP contribution in [0.4, 0.5) is 4.39 Å². The zero-order valence-electron chi connectivity index (χ0n) is 12.8. The molecule has 0 aromatic heterocycles. The number of nitrogens with zero attached hydrogens (tertiary/aromatic N) is 1. The molecular weight excluding hydrogens is 255 g/mol. The topological polar surface area (TPSA) is 38.5 Å². The van der Waals surface area contributed by atoms with E-state index >= 15 is 0 Å². The van der Waals surface area contributed by atoms with E-state index in [9.17, 15) is 4.39 Å². The molecular formula is C16H27FN2O. The summed E-state index contributed by atoms with van der Waals surface area (Å²) < 4.78 is 18.4. The second-order valence-corrected chi connectivity index (χ2v) is 5.12. The fourth-order valence-corrected chi connectivity index (χ4v) is 2.53. The molecule has 0 fully saturated rings. The number of benzene rings is 1. The lowest BCUT2D eigenvalue weighted by Gasteiger charge is -2.32. The highest BCUT2D eigenvalue weighted by Crippen LogP contribution is 2.17. The molecule has 1 unspecified atom stereocenters. The Hall–Kier alpha value is -0.970. The predicted octanol–water partition coefficient (Wildman–Crippen LogP) is 2.96. The van der Waals surface area contributed by atoms with Crippen molar-refractivity contribution >= 4 is 0 Å². The van der Waals surface area contributed by atoms with E-state index in [1.54, 1.807) is 13.2 Å². The highest BCUT2D eigenvalue weighted by molar-refractivity contribution is 5.20. The molecule has 0 aliphatic carbocycles. The van der Waals surface area contributed by atoms with Gasteiger partial charge in [0.15, 0.2) is 0 Å². The van der Waals surface area contributed by atoms with Crippen molar-refractivity contribution in [3.8, 4) is 0 Å². The molecule has 0 saturated carbocycles. The molecule has 0 bridgehead atoms. The monoisotopic (exact) mass is 282 g/mol. The molecule has 1 rings (SSSR count). The Balaban J connectivity index is 2.72. The summed E-state index contributed by atoms with van der Waals surface area (Å²) in [6, 6.07) is 6.87. The third-order valence-electron chi connectivity index (χ3n) is 3.75. The van der Waals surface area contributed by atoms with Gasteiger partial charge in [-0.05, 0) is 30.5 Å². The van der Waals surface area contributed by atoms with Gasteiger partial charge >= 0.3 is 0 Å². The Morgan fingerprint density at radius 1 is 1.30 bits per heavy atom. The lowest BCUT2D eigenvalue weighted by atomic mass is 10.0. The number of rotatable bonds is 9. The average Bonchev–Trinajstić information content (AvgIpc) is 2.45. The van der Waals surface area contributed by atoms with Crippen LogP contribution in [0.15, 0.2) is 24.3 Å². The minimum Gasteiger partial charge on any atom is -0.383 e. The van der Waals surface area contributed by atoms with Crippen LogP contribution >= 0.6 is 0 Å². The quantitative estimate of drug-likeness (QED) is 0.757. The number of nitrogens with two attached hydrogens (primary N) is 1. The summed E-state index contributed by atoms with van der Waals surface area (Å²) in [4.78, 5) is 2.35. The van der Waals surface area contributed by atoms with Crippen LogP contribution in [0.1, 0.15) is 38.3 Å². The summed E-state index contributed by atoms with van der Waals surface area (Å²) in [5, 5.41) is 0. The molecule has 4 heteroatoms. The van der Waals surface area contributed by atoms with Crippen LogP contribution in [-0.2, 0) is 4.74 Å². The lowest BCUT2D eigenvalue weighted by molar-refractivity contribution is 0.110. The van der Waals surface area contributed by atoms with E-state index in [1.807, 2.05) is 6.07 Å². The zero-order valence-corrected chi connectivity index (χ0v) is 12.8. The number of methoxy groups -OCH3 is 1. The summed E-state index contributed by atoms with van der Waals surface area (Å²) in [6.45, 7) is 6.63. The van der Waals surface area contributed by atoms with E-state index in [4.69, 9.17) is 10.5 Å². The maximum absolute atomic E-state index is 13.3. The third-order valence-corrected chi connectivity index (χ3v) is 3.75. The summed E-state index contributed by atoms with van der Waals surface area (Å²) in [5.74, 6) is -0.232. The smallest absolute Gasteiger partial charge is 0.123 e. The van der Waals surface area contributed by atoms with E-state index in [2.05, 4.69) is 18.7 Å². The highest BCUT2D eigenvalue weighted by Gasteiger charge is 2.18. The maximum Gasteiger partial charge on any atom is 0.123 e. The van der Waals surface area contributed by atoms with Crippen LogP contribution in [0.25, 0.3) is 0 Å². The van der Waals surface area contributed by atoms with Gasteiger partial charge in [0.1, 0.15) is 5.82 Å². The number of halogens is 1. The van der Waals surface area contributed by atoms with Gasteiger partial charge in [-0.3, -0.25) is 4.90 Å². The summed E-state index contributed by atoms with van der Waals surface area (Å²) in [6.07, 6.45) is 2.16. The number of hydrogen-bond donors (Lipinski definition) is 1. The van der Waals surface area contributed by atoms with Crippen LogP contribution in [0.5, 0.6) is 0 Å². The Morgan fingerprint density at radius 2 is 2.00 bits per heavy atom. The van der Waals surface area contributed by atoms with E-state index in [0.29, 0.717) is 12.6 Å². The second kappa shape index (κ2) is 9.06. The average molecular weight is 282 g/mol. The molecule has 0 radical (unpaired) electrons. The normalized spacial score (nSPS) is 13.2. The molecule has 0 spiro atoms. The van der Waals surface area contributed by atoms with Crippen LogP contribution in [0.2, 0.25) is 0 Å². The van der Waals surface area contributed by atoms with E-state index in [0.717, 1.165) is 31.5 Å². The predicted molar refractivity (Wildman–Crippen MR) is 81.1 cm³/mol. The van der Waals surface area contributed by atoms with Crippen molar-refractivity contribution in [2.24, 2.45) is 5.73 Å². The SMILES string of the molecule is CCC(CC)N(CCOC)CC(N)c1cccc(F)c1. The Morgan fingerprint density at radius 3 is 2.55 bits per heavy atom. The van der Waals surface area contributed by atoms with Gasteiger partial charge in [0, 0.05) is 32.3 Å². The fourth-order valence-electron chi connectivity index (χ4n) is 2.53. The van der Waals surface area contributed by atoms with Crippen LogP contribution < -0.4 is 5.73 Å². The first kappa shape index (κ1) is 17.1. The minimum absolute atomic E-state index is 0.178. The molecule has 20 heavy (non-hydrogen) atoms. The van der Waals surface area contributed by atoms with E-state index in [-0.39, 0.29) is 11.9 Å². The second-order valence-electron chi connectivity index (χ2n) is 5.12. The summed E-state index contributed by atoms with van der Waals surface area (Å²) >= 11 is 0. The molecule has 0 amide bonds. The van der Waals surface area contributed by atoms with Gasteiger partial charge in [-0.25, -0.2) is 4.39 Å². The van der Waals surface area contributed by atoms with Crippen molar-refractivity contribution in [1.82, 2.24) is 4.90 Å². The van der Waals surface area contributed by atoms with Gasteiger partial charge in [-0.1, -0.05) is 26.0 Å². The molecule has 0 aliphatic rings. The van der Waals surface area contributed by atoms with Crippen molar-refractivity contribution in [1.29, 1.82) is 0 Å². The van der Waals surface area contributed by atoms with Crippen molar-refractivity contribution < 1.29 is 9.13 Å². The van der Waals surface area contributed by atoms with Gasteiger partial charge in [-0.15, -0.1) is 0 Å². The van der Waals surface area contributed by atoms with E-state index < -0.39 is 0 Å². The molecule has 0 aliphatic heterocycles. The Bertz CT molecular complexity index is 382. The standard InChI is InChI=1S/C16H27FN2O/c1-4-15(5-2)19(9-10-20-3)12-16(18)13-7-6-8-14(17)11-13/h6-8,11,15-16H,4-5,9-10,12,18H2,1-3H3. The van der Waals surface area contributed by atoms with Crippen molar-refractivity contribution in [2.75, 3.05) is 26.8 Å². The van der Waals surface area contributed by atoms with Crippen molar-refractivity contribution in [2.45, 2.75) is 38.8 Å². The minimum atomic E-state index is -0.232. The molecule has 1 aromatic carbocycles. The summed E-state index contributed by atoms with van der Waals surface area (Å²) in [7, 11) is 1.71.